The molecular formula is C14H18BrClN2O. The highest BCUT2D eigenvalue weighted by Gasteiger charge is 2.11. The predicted octanol–water partition coefficient (Wildman–Crippen LogP) is 3.94. The molecule has 0 aliphatic rings. The number of nitrogens with zero attached hydrogens (tertiary/aromatic N) is 1. The van der Waals surface area contributed by atoms with E-state index in [0.717, 1.165) is 15.7 Å². The van der Waals surface area contributed by atoms with E-state index >= 15 is 0 Å². The van der Waals surface area contributed by atoms with Crippen molar-refractivity contribution in [3.63, 3.8) is 0 Å². The van der Waals surface area contributed by atoms with Crippen LogP contribution in [0.5, 0.6) is 0 Å². The van der Waals surface area contributed by atoms with E-state index in [1.54, 1.807) is 11.0 Å². The number of anilines is 1. The fourth-order valence-electron chi connectivity index (χ4n) is 1.62. The van der Waals surface area contributed by atoms with Crippen LogP contribution < -0.4 is 5.32 Å². The number of halogens is 2. The standard InChI is InChI=1S/C14H18BrClN2O/c1-4-18(9-10(2)3)14(19)8-17-13-6-5-11(15)7-12(13)16/h5-7,17H,2,4,8-9H2,1,3H3. The first-order valence-corrected chi connectivity index (χ1v) is 7.22. The zero-order chi connectivity index (χ0) is 14.4. The molecule has 104 valence electrons. The minimum absolute atomic E-state index is 0.0319. The van der Waals surface area contributed by atoms with Crippen LogP contribution in [0.25, 0.3) is 0 Å². The molecule has 0 spiro atoms. The molecule has 0 bridgehead atoms. The SMILES string of the molecule is C=C(C)CN(CC)C(=O)CNc1ccc(Br)cc1Cl. The van der Waals surface area contributed by atoms with E-state index in [0.29, 0.717) is 18.1 Å². The van der Waals surface area contributed by atoms with E-state index in [2.05, 4.69) is 27.8 Å². The minimum Gasteiger partial charge on any atom is -0.375 e. The number of nitrogens with one attached hydrogen (secondary N) is 1. The maximum Gasteiger partial charge on any atom is 0.242 e. The molecule has 1 rings (SSSR count). The highest BCUT2D eigenvalue weighted by Crippen LogP contribution is 2.25. The average molecular weight is 346 g/mol. The predicted molar refractivity (Wildman–Crippen MR) is 84.7 cm³/mol. The number of rotatable bonds is 6. The zero-order valence-corrected chi connectivity index (χ0v) is 13.5. The van der Waals surface area contributed by atoms with Gasteiger partial charge in [-0.2, -0.15) is 0 Å². The second kappa shape index (κ2) is 7.56. The Morgan fingerprint density at radius 2 is 2.21 bits per heavy atom. The Labute approximate surface area is 127 Å². The Bertz CT molecular complexity index is 477. The van der Waals surface area contributed by atoms with Gasteiger partial charge in [-0.1, -0.05) is 39.7 Å². The van der Waals surface area contributed by atoms with Gasteiger partial charge in [0.25, 0.3) is 0 Å². The number of carbonyl (C=O) groups excluding carboxylic acids is 1. The summed E-state index contributed by atoms with van der Waals surface area (Å²) in [5, 5.41) is 3.64. The molecule has 19 heavy (non-hydrogen) atoms. The van der Waals surface area contributed by atoms with E-state index in [1.807, 2.05) is 26.0 Å². The summed E-state index contributed by atoms with van der Waals surface area (Å²) in [6, 6.07) is 5.51. The first kappa shape index (κ1) is 16.1. The Kier molecular flexibility index (Phi) is 6.38. The van der Waals surface area contributed by atoms with Gasteiger partial charge in [-0.05, 0) is 32.0 Å². The lowest BCUT2D eigenvalue weighted by molar-refractivity contribution is -0.128. The lowest BCUT2D eigenvalue weighted by Gasteiger charge is -2.21. The fraction of sp³-hybridized carbons (Fsp3) is 0.357. The smallest absolute Gasteiger partial charge is 0.242 e. The Balaban J connectivity index is 2.60. The molecule has 0 fully saturated rings. The van der Waals surface area contributed by atoms with Gasteiger partial charge in [-0.15, -0.1) is 0 Å². The number of carbonyl (C=O) groups is 1. The molecule has 0 heterocycles. The second-order valence-corrected chi connectivity index (χ2v) is 5.67. The molecule has 0 radical (unpaired) electrons. The molecule has 1 amide bonds. The molecule has 1 aromatic carbocycles. The third-order valence-corrected chi connectivity index (χ3v) is 3.36. The topological polar surface area (TPSA) is 32.3 Å². The normalized spacial score (nSPS) is 10.1. The summed E-state index contributed by atoms with van der Waals surface area (Å²) in [7, 11) is 0. The van der Waals surface area contributed by atoms with Crippen LogP contribution in [-0.2, 0) is 4.79 Å². The number of amides is 1. The monoisotopic (exact) mass is 344 g/mol. The summed E-state index contributed by atoms with van der Waals surface area (Å²) >= 11 is 9.42. The summed E-state index contributed by atoms with van der Waals surface area (Å²) in [6.07, 6.45) is 0. The molecule has 3 nitrogen and oxygen atoms in total. The molecule has 0 unspecified atom stereocenters. The van der Waals surface area contributed by atoms with Crippen LogP contribution in [0.1, 0.15) is 13.8 Å². The summed E-state index contributed by atoms with van der Waals surface area (Å²) in [4.78, 5) is 13.8. The van der Waals surface area contributed by atoms with Gasteiger partial charge in [0.05, 0.1) is 17.3 Å². The van der Waals surface area contributed by atoms with Crippen LogP contribution in [0.4, 0.5) is 5.69 Å². The van der Waals surface area contributed by atoms with Crippen molar-refractivity contribution in [3.05, 3.63) is 39.8 Å². The lowest BCUT2D eigenvalue weighted by Crippen LogP contribution is -2.36. The Morgan fingerprint density at radius 3 is 2.74 bits per heavy atom. The summed E-state index contributed by atoms with van der Waals surface area (Å²) in [6.45, 7) is 9.17. The molecule has 1 aromatic rings. The maximum absolute atomic E-state index is 12.0. The number of hydrogen-bond donors (Lipinski definition) is 1. The van der Waals surface area contributed by atoms with Crippen molar-refractivity contribution < 1.29 is 4.79 Å². The first-order valence-electron chi connectivity index (χ1n) is 6.05. The lowest BCUT2D eigenvalue weighted by atomic mass is 10.3. The van der Waals surface area contributed by atoms with Gasteiger partial charge in [0.1, 0.15) is 0 Å². The number of likely N-dealkylation sites (N-methyl/N-ethyl adjacent to an activating group) is 1. The van der Waals surface area contributed by atoms with Gasteiger partial charge in [-0.3, -0.25) is 4.79 Å². The van der Waals surface area contributed by atoms with Crippen LogP contribution in [0.15, 0.2) is 34.8 Å². The number of hydrogen-bond acceptors (Lipinski definition) is 2. The second-order valence-electron chi connectivity index (χ2n) is 4.34. The number of benzene rings is 1. The Hall–Kier alpha value is -1.000. The fourth-order valence-corrected chi connectivity index (χ4v) is 2.36. The van der Waals surface area contributed by atoms with Crippen molar-refractivity contribution >= 4 is 39.1 Å². The molecule has 0 aliphatic heterocycles. The van der Waals surface area contributed by atoms with Crippen molar-refractivity contribution in [2.45, 2.75) is 13.8 Å². The molecule has 0 saturated heterocycles. The largest absolute Gasteiger partial charge is 0.375 e. The van der Waals surface area contributed by atoms with Gasteiger partial charge in [0.15, 0.2) is 0 Å². The molecule has 5 heteroatoms. The molecular weight excluding hydrogens is 328 g/mol. The highest BCUT2D eigenvalue weighted by atomic mass is 79.9. The molecule has 1 N–H and O–H groups in total. The molecule has 0 aromatic heterocycles. The minimum atomic E-state index is 0.0319. The zero-order valence-electron chi connectivity index (χ0n) is 11.2. The first-order chi connectivity index (χ1) is 8.93. The van der Waals surface area contributed by atoms with Crippen LogP contribution in [0.2, 0.25) is 5.02 Å². The van der Waals surface area contributed by atoms with Crippen molar-refractivity contribution in [2.75, 3.05) is 25.0 Å². The summed E-state index contributed by atoms with van der Waals surface area (Å²) in [5.41, 5.74) is 1.72. The summed E-state index contributed by atoms with van der Waals surface area (Å²) in [5.74, 6) is 0.0319. The van der Waals surface area contributed by atoms with Gasteiger partial charge >= 0.3 is 0 Å². The van der Waals surface area contributed by atoms with E-state index in [-0.39, 0.29) is 12.5 Å². The van der Waals surface area contributed by atoms with Crippen molar-refractivity contribution in [1.29, 1.82) is 0 Å². The van der Waals surface area contributed by atoms with Crippen molar-refractivity contribution in [1.82, 2.24) is 4.90 Å². The van der Waals surface area contributed by atoms with Crippen LogP contribution >= 0.6 is 27.5 Å². The average Bonchev–Trinajstić information content (AvgIpc) is 2.34. The van der Waals surface area contributed by atoms with E-state index < -0.39 is 0 Å². The third-order valence-electron chi connectivity index (χ3n) is 2.56. The molecule has 0 atom stereocenters. The van der Waals surface area contributed by atoms with Crippen LogP contribution in [-0.4, -0.2) is 30.4 Å². The third kappa shape index (κ3) is 5.25. The van der Waals surface area contributed by atoms with Gasteiger partial charge in [0, 0.05) is 17.6 Å². The van der Waals surface area contributed by atoms with E-state index in [9.17, 15) is 4.79 Å². The van der Waals surface area contributed by atoms with Gasteiger partial charge in [0.2, 0.25) is 5.91 Å². The van der Waals surface area contributed by atoms with Crippen LogP contribution in [0.3, 0.4) is 0 Å². The van der Waals surface area contributed by atoms with Crippen LogP contribution in [0, 0.1) is 0 Å². The quantitative estimate of drug-likeness (QED) is 0.792. The van der Waals surface area contributed by atoms with Gasteiger partial charge < -0.3 is 10.2 Å². The highest BCUT2D eigenvalue weighted by molar-refractivity contribution is 9.10. The van der Waals surface area contributed by atoms with E-state index in [4.69, 9.17) is 11.6 Å². The maximum atomic E-state index is 12.0. The van der Waals surface area contributed by atoms with Crippen molar-refractivity contribution in [2.24, 2.45) is 0 Å². The van der Waals surface area contributed by atoms with Gasteiger partial charge in [-0.25, -0.2) is 0 Å². The summed E-state index contributed by atoms with van der Waals surface area (Å²) < 4.78 is 0.909. The van der Waals surface area contributed by atoms with Crippen molar-refractivity contribution in [3.8, 4) is 0 Å². The Morgan fingerprint density at radius 1 is 1.53 bits per heavy atom. The molecule has 0 aliphatic carbocycles. The molecule has 0 saturated carbocycles. The van der Waals surface area contributed by atoms with E-state index in [1.165, 1.54) is 0 Å².